The topological polar surface area (TPSA) is 40.5 Å². The first-order valence-corrected chi connectivity index (χ1v) is 9.97. The summed E-state index contributed by atoms with van der Waals surface area (Å²) in [5.74, 6) is 2.87. The molecule has 0 spiro atoms. The number of hydrogen-bond acceptors (Lipinski definition) is 2. The van der Waals surface area contributed by atoms with E-state index >= 15 is 0 Å². The third kappa shape index (κ3) is 2.13. The minimum absolute atomic E-state index is 0.0858. The minimum Gasteiger partial charge on any atom is -0.393 e. The second-order valence-corrected chi connectivity index (χ2v) is 9.51. The molecule has 4 aliphatic rings. The Morgan fingerprint density at radius 2 is 1.83 bits per heavy atom. The van der Waals surface area contributed by atoms with Gasteiger partial charge >= 0.3 is 0 Å². The molecule has 4 aliphatic carbocycles. The van der Waals surface area contributed by atoms with Crippen molar-refractivity contribution in [2.45, 2.75) is 84.3 Å². The molecule has 0 saturated heterocycles. The summed E-state index contributed by atoms with van der Waals surface area (Å²) in [5, 5.41) is 20.8. The highest BCUT2D eigenvalue weighted by Gasteiger charge is 2.60. The molecule has 0 aromatic carbocycles. The summed E-state index contributed by atoms with van der Waals surface area (Å²) < 4.78 is 0. The lowest BCUT2D eigenvalue weighted by Crippen LogP contribution is -2.53. The zero-order valence-corrected chi connectivity index (χ0v) is 15.1. The van der Waals surface area contributed by atoms with Gasteiger partial charge in [-0.25, -0.2) is 0 Å². The summed E-state index contributed by atoms with van der Waals surface area (Å²) in [6.07, 6.45) is 11.3. The van der Waals surface area contributed by atoms with Crippen LogP contribution in [-0.4, -0.2) is 22.4 Å². The lowest BCUT2D eigenvalue weighted by molar-refractivity contribution is -0.0874. The molecule has 0 aliphatic heterocycles. The molecule has 130 valence electrons. The molecule has 0 unspecified atom stereocenters. The molecule has 2 heteroatoms. The van der Waals surface area contributed by atoms with Crippen molar-refractivity contribution in [3.63, 3.8) is 0 Å². The maximum Gasteiger partial charge on any atom is 0.0596 e. The summed E-state index contributed by atoms with van der Waals surface area (Å²) >= 11 is 0. The van der Waals surface area contributed by atoms with E-state index < -0.39 is 0 Å². The molecule has 3 saturated carbocycles. The summed E-state index contributed by atoms with van der Waals surface area (Å²) in [4.78, 5) is 0. The fraction of sp³-hybridized carbons (Fsp3) is 0.905. The Hall–Kier alpha value is -0.340. The second-order valence-electron chi connectivity index (χ2n) is 9.51. The number of aliphatic hydroxyl groups is 2. The van der Waals surface area contributed by atoms with Gasteiger partial charge < -0.3 is 10.2 Å². The number of aliphatic hydroxyl groups excluding tert-OH is 2. The van der Waals surface area contributed by atoms with Crippen molar-refractivity contribution >= 4 is 0 Å². The van der Waals surface area contributed by atoms with Crippen LogP contribution in [0, 0.1) is 34.5 Å². The highest BCUT2D eigenvalue weighted by Crippen LogP contribution is 2.66. The van der Waals surface area contributed by atoms with Crippen LogP contribution in [0.5, 0.6) is 0 Å². The minimum atomic E-state index is -0.120. The molecule has 2 N–H and O–H groups in total. The smallest absolute Gasteiger partial charge is 0.0596 e. The molecule has 3 fully saturated rings. The van der Waals surface area contributed by atoms with E-state index in [2.05, 4.69) is 26.8 Å². The Morgan fingerprint density at radius 3 is 2.57 bits per heavy atom. The molecule has 0 aromatic rings. The zero-order chi connectivity index (χ0) is 16.4. The van der Waals surface area contributed by atoms with Gasteiger partial charge in [0.05, 0.1) is 12.2 Å². The van der Waals surface area contributed by atoms with Gasteiger partial charge in [-0.1, -0.05) is 32.4 Å². The number of allylic oxidation sites excluding steroid dienone is 1. The Balaban J connectivity index is 1.75. The van der Waals surface area contributed by atoms with Gasteiger partial charge in [0.15, 0.2) is 0 Å². The highest BCUT2D eigenvalue weighted by atomic mass is 16.3. The van der Waals surface area contributed by atoms with Crippen LogP contribution in [0.15, 0.2) is 11.6 Å². The van der Waals surface area contributed by atoms with Crippen molar-refractivity contribution < 1.29 is 10.2 Å². The lowest BCUT2D eigenvalue weighted by atomic mass is 9.45. The van der Waals surface area contributed by atoms with Gasteiger partial charge in [0.2, 0.25) is 0 Å². The molecular formula is C21H34O2. The maximum absolute atomic E-state index is 10.6. The van der Waals surface area contributed by atoms with Crippen LogP contribution in [0.1, 0.15) is 72.1 Å². The van der Waals surface area contributed by atoms with Gasteiger partial charge in [0, 0.05) is 0 Å². The Labute approximate surface area is 141 Å². The van der Waals surface area contributed by atoms with E-state index in [0.29, 0.717) is 17.3 Å². The summed E-state index contributed by atoms with van der Waals surface area (Å²) in [6.45, 7) is 7.19. The summed E-state index contributed by atoms with van der Waals surface area (Å²) in [6, 6.07) is 0. The van der Waals surface area contributed by atoms with Gasteiger partial charge in [-0.15, -0.1) is 0 Å². The van der Waals surface area contributed by atoms with Crippen LogP contribution in [0.3, 0.4) is 0 Å². The highest BCUT2D eigenvalue weighted by molar-refractivity contribution is 5.27. The van der Waals surface area contributed by atoms with Crippen LogP contribution < -0.4 is 0 Å². The van der Waals surface area contributed by atoms with Crippen molar-refractivity contribution in [1.82, 2.24) is 0 Å². The van der Waals surface area contributed by atoms with E-state index in [0.717, 1.165) is 37.5 Å². The van der Waals surface area contributed by atoms with Crippen LogP contribution in [-0.2, 0) is 0 Å². The number of fused-ring (bicyclic) bond motifs is 5. The Bertz CT molecular complexity index is 512. The first-order chi connectivity index (χ1) is 10.9. The number of hydrogen-bond donors (Lipinski definition) is 2. The van der Waals surface area contributed by atoms with Crippen molar-refractivity contribution in [2.24, 2.45) is 34.5 Å². The van der Waals surface area contributed by atoms with Crippen molar-refractivity contribution in [3.05, 3.63) is 11.6 Å². The van der Waals surface area contributed by atoms with Crippen LogP contribution in [0.2, 0.25) is 0 Å². The van der Waals surface area contributed by atoms with Crippen LogP contribution in [0.25, 0.3) is 0 Å². The Kier molecular flexibility index (Phi) is 3.74. The van der Waals surface area contributed by atoms with E-state index in [1.807, 2.05) is 0 Å². The maximum atomic E-state index is 10.6. The molecule has 0 amide bonds. The van der Waals surface area contributed by atoms with E-state index in [4.69, 9.17) is 0 Å². The van der Waals surface area contributed by atoms with Crippen LogP contribution >= 0.6 is 0 Å². The van der Waals surface area contributed by atoms with Gasteiger partial charge in [0.1, 0.15) is 0 Å². The van der Waals surface area contributed by atoms with E-state index in [1.165, 1.54) is 25.7 Å². The first-order valence-electron chi connectivity index (χ1n) is 9.97. The van der Waals surface area contributed by atoms with Crippen LogP contribution in [0.4, 0.5) is 0 Å². The molecular weight excluding hydrogens is 284 g/mol. The zero-order valence-electron chi connectivity index (χ0n) is 15.1. The van der Waals surface area contributed by atoms with E-state index in [9.17, 15) is 10.2 Å². The fourth-order valence-electron chi connectivity index (χ4n) is 7.17. The molecule has 0 heterocycles. The van der Waals surface area contributed by atoms with Gasteiger partial charge in [0.25, 0.3) is 0 Å². The monoisotopic (exact) mass is 318 g/mol. The SMILES string of the molecule is CC[C@@H]1C=C2C[C@@H](O)CC[C@]2(C)[C@H]2CC[C@]3(C)[C@@H](O)CC[C@H]3[C@H]12. The van der Waals surface area contributed by atoms with Crippen molar-refractivity contribution in [2.75, 3.05) is 0 Å². The average molecular weight is 319 g/mol. The quantitative estimate of drug-likeness (QED) is 0.707. The standard InChI is InChI=1S/C21H34O2/c1-4-13-11-14-12-15(22)7-9-20(14,2)17-8-10-21(3)16(19(13)17)5-6-18(21)23/h11,13,15-19,22-23H,4-10,12H2,1-3H3/t13-,15+,16+,17+,18+,19+,20+,21+/m1/s1. The third-order valence-electron chi connectivity index (χ3n) is 8.67. The van der Waals surface area contributed by atoms with Crippen molar-refractivity contribution in [3.8, 4) is 0 Å². The first kappa shape index (κ1) is 16.1. The predicted molar refractivity (Wildman–Crippen MR) is 92.9 cm³/mol. The predicted octanol–water partition coefficient (Wildman–Crippen LogP) is 4.31. The van der Waals surface area contributed by atoms with Gasteiger partial charge in [-0.3, -0.25) is 0 Å². The Morgan fingerprint density at radius 1 is 1.04 bits per heavy atom. The largest absolute Gasteiger partial charge is 0.393 e. The van der Waals surface area contributed by atoms with E-state index in [-0.39, 0.29) is 17.6 Å². The lowest BCUT2D eigenvalue weighted by Gasteiger charge is -2.59. The number of rotatable bonds is 1. The van der Waals surface area contributed by atoms with Crippen molar-refractivity contribution in [1.29, 1.82) is 0 Å². The second kappa shape index (κ2) is 5.33. The van der Waals surface area contributed by atoms with Gasteiger partial charge in [-0.2, -0.15) is 0 Å². The normalized spacial score (nSPS) is 55.6. The average Bonchev–Trinajstić information content (AvgIpc) is 2.83. The molecule has 0 aromatic heterocycles. The summed E-state index contributed by atoms with van der Waals surface area (Å²) in [5.41, 5.74) is 2.03. The van der Waals surface area contributed by atoms with E-state index in [1.54, 1.807) is 5.57 Å². The third-order valence-corrected chi connectivity index (χ3v) is 8.67. The van der Waals surface area contributed by atoms with Gasteiger partial charge in [-0.05, 0) is 85.9 Å². The fourth-order valence-corrected chi connectivity index (χ4v) is 7.17. The molecule has 0 bridgehead atoms. The molecule has 23 heavy (non-hydrogen) atoms. The summed E-state index contributed by atoms with van der Waals surface area (Å²) in [7, 11) is 0. The molecule has 4 rings (SSSR count). The molecule has 0 radical (unpaired) electrons. The molecule has 8 atom stereocenters. The molecule has 2 nitrogen and oxygen atoms in total.